The van der Waals surface area contributed by atoms with Crippen molar-refractivity contribution in [3.05, 3.63) is 47.2 Å². The van der Waals surface area contributed by atoms with E-state index in [9.17, 15) is 5.11 Å². The Bertz CT molecular complexity index is 691. The molecule has 3 aromatic rings. The molecule has 1 aromatic carbocycles. The third-order valence-electron chi connectivity index (χ3n) is 2.69. The van der Waals surface area contributed by atoms with Crippen molar-refractivity contribution < 1.29 is 5.11 Å². The van der Waals surface area contributed by atoms with Gasteiger partial charge < -0.3 is 10.1 Å². The maximum atomic E-state index is 9.87. The van der Waals surface area contributed by atoms with E-state index in [-0.39, 0.29) is 5.75 Å². The van der Waals surface area contributed by atoms with Crippen LogP contribution in [0, 0.1) is 0 Å². The van der Waals surface area contributed by atoms with Gasteiger partial charge in [0.05, 0.1) is 0 Å². The summed E-state index contributed by atoms with van der Waals surface area (Å²) in [6.07, 6.45) is 3.60. The Morgan fingerprint density at radius 1 is 1.18 bits per heavy atom. The SMILES string of the molecule is Oc1ccccc1-c1c[nH]c2ncc(Br)cc12. The molecule has 0 unspecified atom stereocenters. The van der Waals surface area contributed by atoms with Gasteiger partial charge in [-0.1, -0.05) is 18.2 Å². The number of hydrogen-bond donors (Lipinski definition) is 2. The van der Waals surface area contributed by atoms with Crippen LogP contribution in [0.4, 0.5) is 0 Å². The van der Waals surface area contributed by atoms with E-state index in [4.69, 9.17) is 0 Å². The first kappa shape index (κ1) is 10.4. The van der Waals surface area contributed by atoms with Gasteiger partial charge in [0.2, 0.25) is 0 Å². The maximum Gasteiger partial charge on any atom is 0.137 e. The standard InChI is InChI=1S/C13H9BrN2O/c14-8-5-10-11(7-16-13(10)15-6-8)9-3-1-2-4-12(9)17/h1-7,17H,(H,15,16). The summed E-state index contributed by atoms with van der Waals surface area (Å²) in [5, 5.41) is 10.9. The topological polar surface area (TPSA) is 48.9 Å². The molecule has 0 atom stereocenters. The summed E-state index contributed by atoms with van der Waals surface area (Å²) in [6, 6.07) is 9.26. The second kappa shape index (κ2) is 3.89. The van der Waals surface area contributed by atoms with E-state index in [1.54, 1.807) is 12.3 Å². The molecule has 2 aromatic heterocycles. The molecule has 0 aliphatic heterocycles. The predicted molar refractivity (Wildman–Crippen MR) is 70.9 cm³/mol. The van der Waals surface area contributed by atoms with Gasteiger partial charge in [-0.25, -0.2) is 4.98 Å². The first-order valence-corrected chi connectivity index (χ1v) is 5.96. The van der Waals surface area contributed by atoms with Gasteiger partial charge in [-0.2, -0.15) is 0 Å². The average Bonchev–Trinajstić information content (AvgIpc) is 2.72. The van der Waals surface area contributed by atoms with Crippen LogP contribution < -0.4 is 0 Å². The van der Waals surface area contributed by atoms with Crippen LogP contribution in [0.1, 0.15) is 0 Å². The molecular formula is C13H9BrN2O. The fourth-order valence-electron chi connectivity index (χ4n) is 1.90. The minimum absolute atomic E-state index is 0.272. The highest BCUT2D eigenvalue weighted by molar-refractivity contribution is 9.10. The van der Waals surface area contributed by atoms with Crippen molar-refractivity contribution in [1.82, 2.24) is 9.97 Å². The van der Waals surface area contributed by atoms with Crippen LogP contribution in [-0.4, -0.2) is 15.1 Å². The quantitative estimate of drug-likeness (QED) is 0.717. The smallest absolute Gasteiger partial charge is 0.137 e. The van der Waals surface area contributed by atoms with E-state index in [2.05, 4.69) is 25.9 Å². The molecule has 0 amide bonds. The number of benzene rings is 1. The molecule has 17 heavy (non-hydrogen) atoms. The minimum atomic E-state index is 0.272. The number of halogens is 1. The highest BCUT2D eigenvalue weighted by Crippen LogP contribution is 2.34. The number of H-pyrrole nitrogens is 1. The number of hydrogen-bond acceptors (Lipinski definition) is 2. The van der Waals surface area contributed by atoms with Gasteiger partial charge in [0.25, 0.3) is 0 Å². The number of nitrogens with zero attached hydrogens (tertiary/aromatic N) is 1. The summed E-state index contributed by atoms with van der Waals surface area (Å²) >= 11 is 3.40. The number of para-hydroxylation sites is 1. The zero-order chi connectivity index (χ0) is 11.8. The highest BCUT2D eigenvalue weighted by Gasteiger charge is 2.10. The van der Waals surface area contributed by atoms with Gasteiger partial charge in [-0.05, 0) is 28.1 Å². The zero-order valence-electron chi connectivity index (χ0n) is 8.81. The number of rotatable bonds is 1. The van der Waals surface area contributed by atoms with Gasteiger partial charge in [0, 0.05) is 33.4 Å². The molecule has 0 aliphatic rings. The number of phenols is 1. The van der Waals surface area contributed by atoms with Crippen molar-refractivity contribution in [2.45, 2.75) is 0 Å². The summed E-state index contributed by atoms with van der Waals surface area (Å²) in [4.78, 5) is 7.37. The van der Waals surface area contributed by atoms with Crippen LogP contribution in [-0.2, 0) is 0 Å². The third-order valence-corrected chi connectivity index (χ3v) is 3.13. The van der Waals surface area contributed by atoms with Crippen molar-refractivity contribution in [1.29, 1.82) is 0 Å². The van der Waals surface area contributed by atoms with E-state index in [0.717, 1.165) is 26.6 Å². The summed E-state index contributed by atoms with van der Waals surface area (Å²) in [5.41, 5.74) is 2.57. The average molecular weight is 289 g/mol. The van der Waals surface area contributed by atoms with E-state index in [1.165, 1.54) is 0 Å². The number of aromatic nitrogens is 2. The number of aromatic amines is 1. The van der Waals surface area contributed by atoms with Gasteiger partial charge >= 0.3 is 0 Å². The van der Waals surface area contributed by atoms with Gasteiger partial charge in [-0.3, -0.25) is 0 Å². The molecule has 2 heterocycles. The molecule has 0 saturated heterocycles. The van der Waals surface area contributed by atoms with Crippen LogP contribution in [0.5, 0.6) is 5.75 Å². The molecule has 84 valence electrons. The Labute approximate surface area is 106 Å². The molecular weight excluding hydrogens is 280 g/mol. The van der Waals surface area contributed by atoms with Crippen molar-refractivity contribution >= 4 is 27.0 Å². The Morgan fingerprint density at radius 3 is 2.82 bits per heavy atom. The van der Waals surface area contributed by atoms with Crippen LogP contribution in [0.25, 0.3) is 22.2 Å². The molecule has 0 aliphatic carbocycles. The van der Waals surface area contributed by atoms with Crippen LogP contribution in [0.2, 0.25) is 0 Å². The van der Waals surface area contributed by atoms with Gasteiger partial charge in [-0.15, -0.1) is 0 Å². The molecule has 3 rings (SSSR count). The third kappa shape index (κ3) is 1.70. The van der Waals surface area contributed by atoms with Crippen LogP contribution in [0.15, 0.2) is 47.2 Å². The molecule has 2 N–H and O–H groups in total. The Hall–Kier alpha value is -1.81. The van der Waals surface area contributed by atoms with Gasteiger partial charge in [0.15, 0.2) is 0 Å². The lowest BCUT2D eigenvalue weighted by molar-refractivity contribution is 0.477. The van der Waals surface area contributed by atoms with Gasteiger partial charge in [0.1, 0.15) is 11.4 Å². The van der Waals surface area contributed by atoms with Crippen molar-refractivity contribution in [3.63, 3.8) is 0 Å². The predicted octanol–water partition coefficient (Wildman–Crippen LogP) is 3.70. The normalized spacial score (nSPS) is 10.9. The monoisotopic (exact) mass is 288 g/mol. The van der Waals surface area contributed by atoms with Crippen molar-refractivity contribution in [3.8, 4) is 16.9 Å². The Kier molecular flexibility index (Phi) is 2.37. The van der Waals surface area contributed by atoms with Crippen LogP contribution >= 0.6 is 15.9 Å². The molecule has 0 bridgehead atoms. The first-order valence-electron chi connectivity index (χ1n) is 5.17. The van der Waals surface area contributed by atoms with E-state index >= 15 is 0 Å². The Morgan fingerprint density at radius 2 is 2.00 bits per heavy atom. The molecule has 3 nitrogen and oxygen atoms in total. The highest BCUT2D eigenvalue weighted by atomic mass is 79.9. The largest absolute Gasteiger partial charge is 0.507 e. The molecule has 4 heteroatoms. The zero-order valence-corrected chi connectivity index (χ0v) is 10.4. The van der Waals surface area contributed by atoms with Crippen molar-refractivity contribution in [2.75, 3.05) is 0 Å². The van der Waals surface area contributed by atoms with Crippen molar-refractivity contribution in [2.24, 2.45) is 0 Å². The second-order valence-electron chi connectivity index (χ2n) is 3.77. The Balaban J connectivity index is 2.31. The summed E-state index contributed by atoms with van der Waals surface area (Å²) in [5.74, 6) is 0.272. The molecule has 0 spiro atoms. The summed E-state index contributed by atoms with van der Waals surface area (Å²) in [7, 11) is 0. The lowest BCUT2D eigenvalue weighted by Gasteiger charge is -2.02. The number of nitrogens with one attached hydrogen (secondary N) is 1. The minimum Gasteiger partial charge on any atom is -0.507 e. The maximum absolute atomic E-state index is 9.87. The molecule has 0 saturated carbocycles. The number of pyridine rings is 1. The lowest BCUT2D eigenvalue weighted by atomic mass is 10.1. The summed E-state index contributed by atoms with van der Waals surface area (Å²) < 4.78 is 0.918. The fraction of sp³-hybridized carbons (Fsp3) is 0. The summed E-state index contributed by atoms with van der Waals surface area (Å²) in [6.45, 7) is 0. The van der Waals surface area contributed by atoms with E-state index in [1.807, 2.05) is 30.5 Å². The number of fused-ring (bicyclic) bond motifs is 1. The molecule has 0 radical (unpaired) electrons. The second-order valence-corrected chi connectivity index (χ2v) is 4.68. The lowest BCUT2D eigenvalue weighted by Crippen LogP contribution is -1.78. The number of phenolic OH excluding ortho intramolecular Hbond substituents is 1. The fourth-order valence-corrected chi connectivity index (χ4v) is 2.23. The number of aromatic hydroxyl groups is 1. The first-order chi connectivity index (χ1) is 8.25. The van der Waals surface area contributed by atoms with E-state index < -0.39 is 0 Å². The van der Waals surface area contributed by atoms with E-state index in [0.29, 0.717) is 0 Å². The molecule has 0 fully saturated rings. The van der Waals surface area contributed by atoms with Crippen LogP contribution in [0.3, 0.4) is 0 Å².